The van der Waals surface area contributed by atoms with Gasteiger partial charge in [0.25, 0.3) is 0 Å². The van der Waals surface area contributed by atoms with Crippen molar-refractivity contribution in [1.82, 2.24) is 0 Å². The van der Waals surface area contributed by atoms with Crippen LogP contribution in [0.2, 0.25) is 0 Å². The molecule has 0 aliphatic carbocycles. The molecular formula is C13H14O4. The van der Waals surface area contributed by atoms with Crippen LogP contribution in [0.5, 0.6) is 0 Å². The minimum Gasteiger partial charge on any atom is -0.462 e. The molecule has 0 saturated carbocycles. The van der Waals surface area contributed by atoms with E-state index in [4.69, 9.17) is 9.47 Å². The number of ether oxygens (including phenoxy) is 2. The van der Waals surface area contributed by atoms with Gasteiger partial charge in [-0.15, -0.1) is 0 Å². The number of hydrogen-bond acceptors (Lipinski definition) is 4. The summed E-state index contributed by atoms with van der Waals surface area (Å²) in [5.41, 5.74) is 0.928. The van der Waals surface area contributed by atoms with Gasteiger partial charge in [-0.25, -0.2) is 0 Å². The van der Waals surface area contributed by atoms with E-state index in [-0.39, 0.29) is 30.6 Å². The first-order chi connectivity index (χ1) is 8.15. The van der Waals surface area contributed by atoms with Crippen LogP contribution in [0.1, 0.15) is 31.4 Å². The third-order valence-electron chi connectivity index (χ3n) is 2.65. The average Bonchev–Trinajstić information content (AvgIpc) is 2.28. The number of carbonyl (C=O) groups excluding carboxylic acids is 2. The summed E-state index contributed by atoms with van der Waals surface area (Å²) < 4.78 is 10.3. The lowest BCUT2D eigenvalue weighted by atomic mass is 9.99. The van der Waals surface area contributed by atoms with Crippen molar-refractivity contribution in [3.05, 3.63) is 35.9 Å². The molecule has 4 heteroatoms. The highest BCUT2D eigenvalue weighted by atomic mass is 16.6. The van der Waals surface area contributed by atoms with E-state index in [1.54, 1.807) is 0 Å². The summed E-state index contributed by atoms with van der Waals surface area (Å²) in [5.74, 6) is -0.687. The summed E-state index contributed by atoms with van der Waals surface area (Å²) in [5, 5.41) is 0. The molecule has 0 unspecified atom stereocenters. The van der Waals surface area contributed by atoms with E-state index in [2.05, 4.69) is 0 Å². The molecule has 0 aromatic heterocycles. The Kier molecular flexibility index (Phi) is 3.42. The third kappa shape index (κ3) is 3.06. The van der Waals surface area contributed by atoms with Gasteiger partial charge in [-0.2, -0.15) is 0 Å². The van der Waals surface area contributed by atoms with Gasteiger partial charge in [-0.05, 0) is 5.56 Å². The van der Waals surface area contributed by atoms with Crippen molar-refractivity contribution >= 4 is 11.9 Å². The molecule has 1 heterocycles. The van der Waals surface area contributed by atoms with Crippen molar-refractivity contribution in [2.24, 2.45) is 0 Å². The normalized spacial score (nSPS) is 23.9. The van der Waals surface area contributed by atoms with E-state index in [1.807, 2.05) is 30.3 Å². The second-order valence-corrected chi connectivity index (χ2v) is 4.06. The Hall–Kier alpha value is -1.84. The van der Waals surface area contributed by atoms with Gasteiger partial charge in [0, 0.05) is 13.3 Å². The van der Waals surface area contributed by atoms with Crippen molar-refractivity contribution in [1.29, 1.82) is 0 Å². The molecule has 0 amide bonds. The maximum absolute atomic E-state index is 11.4. The van der Waals surface area contributed by atoms with Gasteiger partial charge in [0.15, 0.2) is 0 Å². The minimum atomic E-state index is -0.376. The molecule has 90 valence electrons. The lowest BCUT2D eigenvalue weighted by Crippen LogP contribution is -2.30. The third-order valence-corrected chi connectivity index (χ3v) is 2.65. The van der Waals surface area contributed by atoms with Gasteiger partial charge in [0.1, 0.15) is 12.2 Å². The topological polar surface area (TPSA) is 52.6 Å². The Morgan fingerprint density at radius 1 is 1.35 bits per heavy atom. The number of esters is 2. The summed E-state index contributed by atoms with van der Waals surface area (Å²) in [6.07, 6.45) is -0.0288. The zero-order chi connectivity index (χ0) is 12.3. The Balaban J connectivity index is 2.09. The van der Waals surface area contributed by atoms with E-state index in [1.165, 1.54) is 6.92 Å². The van der Waals surface area contributed by atoms with Crippen LogP contribution in [0.15, 0.2) is 30.3 Å². The zero-order valence-electron chi connectivity index (χ0n) is 9.59. The molecule has 0 radical (unpaired) electrons. The SMILES string of the molecule is CC(=O)O[C@@H]1CC(=O)O[C@H](c2ccccc2)C1. The molecule has 1 aromatic rings. The van der Waals surface area contributed by atoms with Crippen LogP contribution in [0.4, 0.5) is 0 Å². The number of cyclic esters (lactones) is 1. The number of carbonyl (C=O) groups is 2. The molecule has 0 spiro atoms. The van der Waals surface area contributed by atoms with Gasteiger partial charge in [-0.3, -0.25) is 9.59 Å². The van der Waals surface area contributed by atoms with Crippen LogP contribution >= 0.6 is 0 Å². The maximum atomic E-state index is 11.4. The van der Waals surface area contributed by atoms with Gasteiger partial charge in [-0.1, -0.05) is 30.3 Å². The van der Waals surface area contributed by atoms with Crippen LogP contribution < -0.4 is 0 Å². The lowest BCUT2D eigenvalue weighted by molar-refractivity contribution is -0.168. The van der Waals surface area contributed by atoms with Gasteiger partial charge in [0.05, 0.1) is 6.42 Å². The second-order valence-electron chi connectivity index (χ2n) is 4.06. The molecule has 1 fully saturated rings. The fourth-order valence-electron chi connectivity index (χ4n) is 1.96. The smallest absolute Gasteiger partial charge is 0.310 e. The first-order valence-electron chi connectivity index (χ1n) is 5.57. The minimum absolute atomic E-state index is 0.142. The lowest BCUT2D eigenvalue weighted by Gasteiger charge is -2.28. The largest absolute Gasteiger partial charge is 0.462 e. The first-order valence-corrected chi connectivity index (χ1v) is 5.57. The molecule has 2 atom stereocenters. The van der Waals surface area contributed by atoms with Crippen LogP contribution in [0.3, 0.4) is 0 Å². The highest BCUT2D eigenvalue weighted by Gasteiger charge is 2.31. The van der Waals surface area contributed by atoms with Crippen molar-refractivity contribution < 1.29 is 19.1 Å². The van der Waals surface area contributed by atoms with Crippen molar-refractivity contribution in [3.8, 4) is 0 Å². The predicted molar refractivity (Wildman–Crippen MR) is 60.1 cm³/mol. The fourth-order valence-corrected chi connectivity index (χ4v) is 1.96. The molecule has 17 heavy (non-hydrogen) atoms. The van der Waals surface area contributed by atoms with Crippen molar-refractivity contribution in [2.75, 3.05) is 0 Å². The van der Waals surface area contributed by atoms with Crippen LogP contribution in [0.25, 0.3) is 0 Å². The maximum Gasteiger partial charge on any atom is 0.310 e. The highest BCUT2D eigenvalue weighted by Crippen LogP contribution is 2.30. The van der Waals surface area contributed by atoms with Gasteiger partial charge in [0.2, 0.25) is 0 Å². The van der Waals surface area contributed by atoms with Crippen LogP contribution in [-0.4, -0.2) is 18.0 Å². The number of benzene rings is 1. The predicted octanol–water partition coefficient (Wildman–Crippen LogP) is 2.00. The summed E-state index contributed by atoms with van der Waals surface area (Å²) in [4.78, 5) is 22.3. The van der Waals surface area contributed by atoms with E-state index in [0.29, 0.717) is 6.42 Å². The molecule has 1 aliphatic rings. The van der Waals surface area contributed by atoms with E-state index in [9.17, 15) is 9.59 Å². The Morgan fingerprint density at radius 3 is 2.71 bits per heavy atom. The summed E-state index contributed by atoms with van der Waals surface area (Å²) >= 11 is 0. The van der Waals surface area contributed by atoms with Gasteiger partial charge < -0.3 is 9.47 Å². The second kappa shape index (κ2) is 4.99. The Bertz CT molecular complexity index is 411. The molecule has 1 saturated heterocycles. The Labute approximate surface area is 99.5 Å². The average molecular weight is 234 g/mol. The first kappa shape index (κ1) is 11.6. The Morgan fingerprint density at radius 2 is 2.06 bits per heavy atom. The summed E-state index contributed by atoms with van der Waals surface area (Å²) in [6.45, 7) is 1.34. The van der Waals surface area contributed by atoms with E-state index in [0.717, 1.165) is 5.56 Å². The molecule has 0 N–H and O–H groups in total. The molecule has 0 bridgehead atoms. The highest BCUT2D eigenvalue weighted by molar-refractivity contribution is 5.72. The van der Waals surface area contributed by atoms with Gasteiger partial charge >= 0.3 is 11.9 Å². The summed E-state index contributed by atoms with van der Waals surface area (Å²) in [7, 11) is 0. The van der Waals surface area contributed by atoms with Crippen molar-refractivity contribution in [2.45, 2.75) is 32.0 Å². The fraction of sp³-hybridized carbons (Fsp3) is 0.385. The van der Waals surface area contributed by atoms with E-state index >= 15 is 0 Å². The molecular weight excluding hydrogens is 220 g/mol. The van der Waals surface area contributed by atoms with Crippen LogP contribution in [-0.2, 0) is 19.1 Å². The molecule has 1 aliphatic heterocycles. The quantitative estimate of drug-likeness (QED) is 0.734. The zero-order valence-corrected chi connectivity index (χ0v) is 9.59. The standard InChI is InChI=1S/C13H14O4/c1-9(14)16-11-7-12(17-13(15)8-11)10-5-3-2-4-6-10/h2-6,11-12H,7-8H2,1H3/t11-,12-/m0/s1. The summed E-state index contributed by atoms with van der Waals surface area (Å²) in [6, 6.07) is 9.47. The van der Waals surface area contributed by atoms with E-state index < -0.39 is 0 Å². The van der Waals surface area contributed by atoms with Crippen molar-refractivity contribution in [3.63, 3.8) is 0 Å². The van der Waals surface area contributed by atoms with Crippen LogP contribution in [0, 0.1) is 0 Å². The molecule has 1 aromatic carbocycles. The molecule has 4 nitrogen and oxygen atoms in total. The molecule has 2 rings (SSSR count). The number of hydrogen-bond donors (Lipinski definition) is 0. The number of rotatable bonds is 2. The monoisotopic (exact) mass is 234 g/mol.